The molecule has 5 aromatic carbocycles. The van der Waals surface area contributed by atoms with Crippen LogP contribution in [0.2, 0.25) is 0 Å². The van der Waals surface area contributed by atoms with Crippen molar-refractivity contribution < 1.29 is 23.9 Å². The number of carbonyl (C=O) groups is 3. The fraction of sp³-hybridized carbons (Fsp3) is 0.154. The van der Waals surface area contributed by atoms with Crippen molar-refractivity contribution in [2.24, 2.45) is 0 Å². The van der Waals surface area contributed by atoms with Crippen molar-refractivity contribution in [3.8, 4) is 11.1 Å². The van der Waals surface area contributed by atoms with Crippen LogP contribution in [0.5, 0.6) is 0 Å². The molecule has 7 nitrogen and oxygen atoms in total. The van der Waals surface area contributed by atoms with E-state index in [0.29, 0.717) is 11.1 Å². The molecule has 1 aliphatic carbocycles. The Kier molecular flexibility index (Phi) is 9.20. The quantitative estimate of drug-likeness (QED) is 0.165. The van der Waals surface area contributed by atoms with Gasteiger partial charge in [0.2, 0.25) is 0 Å². The molecule has 1 unspecified atom stereocenters. The second-order valence-electron chi connectivity index (χ2n) is 11.3. The van der Waals surface area contributed by atoms with Crippen molar-refractivity contribution in [2.45, 2.75) is 25.5 Å². The van der Waals surface area contributed by atoms with Gasteiger partial charge in [-0.25, -0.2) is 4.79 Å². The van der Waals surface area contributed by atoms with Gasteiger partial charge in [-0.1, -0.05) is 121 Å². The Morgan fingerprint density at radius 3 is 1.91 bits per heavy atom. The van der Waals surface area contributed by atoms with Crippen LogP contribution in [0, 0.1) is 6.92 Å². The SMILES string of the molecule is Cc1ccc(C(NC(=O)c2ccc(COC(=O)CNC(=O)OCC3c4ccccc4-c4ccccc43)cc2)c2ccccc2)cc1. The summed E-state index contributed by atoms with van der Waals surface area (Å²) in [6, 6.07) is 40.7. The summed E-state index contributed by atoms with van der Waals surface area (Å²) in [5, 5.41) is 5.62. The summed E-state index contributed by atoms with van der Waals surface area (Å²) in [7, 11) is 0. The third-order valence-electron chi connectivity index (χ3n) is 8.16. The van der Waals surface area contributed by atoms with Crippen LogP contribution in [0.25, 0.3) is 11.1 Å². The van der Waals surface area contributed by atoms with Crippen LogP contribution >= 0.6 is 0 Å². The number of hydrogen-bond donors (Lipinski definition) is 2. The van der Waals surface area contributed by atoms with Crippen LogP contribution in [-0.2, 0) is 20.9 Å². The number of esters is 1. The average molecular weight is 611 g/mol. The molecule has 5 aromatic rings. The van der Waals surface area contributed by atoms with Gasteiger partial charge in [0, 0.05) is 11.5 Å². The normalized spacial score (nSPS) is 12.4. The number of rotatable bonds is 10. The Morgan fingerprint density at radius 1 is 0.674 bits per heavy atom. The van der Waals surface area contributed by atoms with Gasteiger partial charge >= 0.3 is 12.1 Å². The highest BCUT2D eigenvalue weighted by Crippen LogP contribution is 2.44. The summed E-state index contributed by atoms with van der Waals surface area (Å²) in [6.45, 7) is 1.87. The van der Waals surface area contributed by atoms with Gasteiger partial charge in [0.1, 0.15) is 19.8 Å². The highest BCUT2D eigenvalue weighted by molar-refractivity contribution is 5.94. The van der Waals surface area contributed by atoms with E-state index in [0.717, 1.165) is 38.9 Å². The lowest BCUT2D eigenvalue weighted by Crippen LogP contribution is -2.32. The number of benzene rings is 5. The summed E-state index contributed by atoms with van der Waals surface area (Å²) in [5.74, 6) is -0.883. The Labute approximate surface area is 268 Å². The molecule has 0 radical (unpaired) electrons. The molecule has 6 rings (SSSR count). The van der Waals surface area contributed by atoms with Crippen molar-refractivity contribution in [3.05, 3.63) is 166 Å². The Morgan fingerprint density at radius 2 is 1.26 bits per heavy atom. The molecule has 230 valence electrons. The number of ether oxygens (including phenoxy) is 2. The number of amides is 2. The summed E-state index contributed by atoms with van der Waals surface area (Å²) in [4.78, 5) is 37.9. The number of alkyl carbamates (subject to hydrolysis) is 1. The first-order chi connectivity index (χ1) is 22.5. The maximum absolute atomic E-state index is 13.2. The van der Waals surface area contributed by atoms with E-state index in [1.54, 1.807) is 24.3 Å². The molecule has 46 heavy (non-hydrogen) atoms. The smallest absolute Gasteiger partial charge is 0.407 e. The molecule has 2 amide bonds. The molecule has 1 atom stereocenters. The van der Waals surface area contributed by atoms with Gasteiger partial charge in [0.25, 0.3) is 5.91 Å². The molecule has 7 heteroatoms. The minimum absolute atomic E-state index is 0.00308. The van der Waals surface area contributed by atoms with Gasteiger partial charge in [-0.3, -0.25) is 9.59 Å². The minimum Gasteiger partial charge on any atom is -0.460 e. The molecule has 0 fully saturated rings. The van der Waals surface area contributed by atoms with Crippen molar-refractivity contribution in [3.63, 3.8) is 0 Å². The number of fused-ring (bicyclic) bond motifs is 3. The Bertz CT molecular complexity index is 1790. The van der Waals surface area contributed by atoms with Gasteiger partial charge < -0.3 is 20.1 Å². The molecule has 0 heterocycles. The molecule has 2 N–H and O–H groups in total. The fourth-order valence-electron chi connectivity index (χ4n) is 5.74. The van der Waals surface area contributed by atoms with Gasteiger partial charge in [0.15, 0.2) is 0 Å². The molecular weight excluding hydrogens is 576 g/mol. The molecular formula is C39H34N2O5. The van der Waals surface area contributed by atoms with E-state index in [1.165, 1.54) is 0 Å². The zero-order valence-electron chi connectivity index (χ0n) is 25.4. The van der Waals surface area contributed by atoms with Crippen molar-refractivity contribution in [1.82, 2.24) is 10.6 Å². The van der Waals surface area contributed by atoms with E-state index in [1.807, 2.05) is 97.9 Å². The van der Waals surface area contributed by atoms with Crippen molar-refractivity contribution >= 4 is 18.0 Å². The zero-order chi connectivity index (χ0) is 31.9. The lowest BCUT2D eigenvalue weighted by Gasteiger charge is -2.20. The first-order valence-electron chi connectivity index (χ1n) is 15.2. The Balaban J connectivity index is 0.974. The van der Waals surface area contributed by atoms with Crippen molar-refractivity contribution in [2.75, 3.05) is 13.2 Å². The number of hydrogen-bond acceptors (Lipinski definition) is 5. The summed E-state index contributed by atoms with van der Waals surface area (Å²) >= 11 is 0. The highest BCUT2D eigenvalue weighted by Gasteiger charge is 2.29. The highest BCUT2D eigenvalue weighted by atomic mass is 16.6. The second-order valence-corrected chi connectivity index (χ2v) is 11.3. The fourth-order valence-corrected chi connectivity index (χ4v) is 5.74. The van der Waals surface area contributed by atoms with Crippen LogP contribution in [0.3, 0.4) is 0 Å². The Hall–Kier alpha value is -5.69. The maximum Gasteiger partial charge on any atom is 0.407 e. The standard InChI is InChI=1S/C39H34N2O5/c1-26-15-19-29(20-16-26)37(28-9-3-2-4-10-28)41-38(43)30-21-17-27(18-22-30)24-45-36(42)23-40-39(44)46-25-35-33-13-7-5-11-31(33)32-12-6-8-14-34(32)35/h2-22,35,37H,23-25H2,1H3,(H,40,44)(H,41,43). The number of nitrogens with one attached hydrogen (secondary N) is 2. The third-order valence-corrected chi connectivity index (χ3v) is 8.16. The van der Waals surface area contributed by atoms with Crippen LogP contribution in [0.1, 0.15) is 55.7 Å². The lowest BCUT2D eigenvalue weighted by molar-refractivity contribution is -0.143. The summed E-state index contributed by atoms with van der Waals surface area (Å²) in [5.41, 5.74) is 8.82. The predicted molar refractivity (Wildman–Crippen MR) is 176 cm³/mol. The zero-order valence-corrected chi connectivity index (χ0v) is 25.4. The second kappa shape index (κ2) is 13.9. The minimum atomic E-state index is -0.686. The van der Waals surface area contributed by atoms with Crippen LogP contribution in [0.4, 0.5) is 4.79 Å². The molecule has 0 bridgehead atoms. The van der Waals surface area contributed by atoms with Gasteiger partial charge in [-0.15, -0.1) is 0 Å². The monoisotopic (exact) mass is 610 g/mol. The summed E-state index contributed by atoms with van der Waals surface area (Å²) in [6.07, 6.45) is -0.686. The van der Waals surface area contributed by atoms with E-state index in [2.05, 4.69) is 22.8 Å². The molecule has 0 saturated heterocycles. The van der Waals surface area contributed by atoms with Gasteiger partial charge in [-0.2, -0.15) is 0 Å². The van der Waals surface area contributed by atoms with Crippen molar-refractivity contribution in [1.29, 1.82) is 0 Å². The maximum atomic E-state index is 13.2. The first-order valence-corrected chi connectivity index (χ1v) is 15.2. The molecule has 0 saturated carbocycles. The van der Waals surface area contributed by atoms with Crippen LogP contribution in [-0.4, -0.2) is 31.1 Å². The molecule has 1 aliphatic rings. The van der Waals surface area contributed by atoms with Gasteiger partial charge in [-0.05, 0) is 58.0 Å². The molecule has 0 aliphatic heterocycles. The first kappa shape index (κ1) is 30.3. The summed E-state index contributed by atoms with van der Waals surface area (Å²) < 4.78 is 10.8. The largest absolute Gasteiger partial charge is 0.460 e. The topological polar surface area (TPSA) is 93.7 Å². The molecule has 0 spiro atoms. The predicted octanol–water partition coefficient (Wildman–Crippen LogP) is 7.10. The third kappa shape index (κ3) is 7.00. The number of aryl methyl sites for hydroxylation is 1. The van der Waals surface area contributed by atoms with E-state index in [-0.39, 0.29) is 37.6 Å². The van der Waals surface area contributed by atoms with E-state index in [9.17, 15) is 14.4 Å². The lowest BCUT2D eigenvalue weighted by atomic mass is 9.97. The van der Waals surface area contributed by atoms with Crippen LogP contribution in [0.15, 0.2) is 127 Å². The van der Waals surface area contributed by atoms with Gasteiger partial charge in [0.05, 0.1) is 6.04 Å². The van der Waals surface area contributed by atoms with E-state index < -0.39 is 12.1 Å². The number of carbonyl (C=O) groups excluding carboxylic acids is 3. The average Bonchev–Trinajstić information content (AvgIpc) is 3.42. The molecule has 0 aromatic heterocycles. The van der Waals surface area contributed by atoms with E-state index in [4.69, 9.17) is 9.47 Å². The van der Waals surface area contributed by atoms with Crippen LogP contribution < -0.4 is 10.6 Å². The van der Waals surface area contributed by atoms with E-state index >= 15 is 0 Å².